The first-order valence-electron chi connectivity index (χ1n) is 3.80. The number of rotatable bonds is 2. The molecule has 0 spiro atoms. The van der Waals surface area contributed by atoms with E-state index in [1.165, 1.54) is 0 Å². The van der Waals surface area contributed by atoms with Crippen LogP contribution in [0.4, 0.5) is 0 Å². The second-order valence-corrected chi connectivity index (χ2v) is 2.63. The molecule has 0 aromatic rings. The van der Waals surface area contributed by atoms with Crippen LogP contribution in [0, 0.1) is 11.3 Å². The van der Waals surface area contributed by atoms with Gasteiger partial charge in [-0.05, 0) is 0 Å². The maximum Gasteiger partial charge on any atom is 0.309 e. The normalized spacial score (nSPS) is 21.7. The van der Waals surface area contributed by atoms with Crippen LogP contribution < -0.4 is 11.2 Å². The zero-order valence-electron chi connectivity index (χ0n) is 7.48. The Morgan fingerprint density at radius 1 is 1.85 bits per heavy atom. The van der Waals surface area contributed by atoms with E-state index in [0.717, 1.165) is 0 Å². The number of amidine groups is 1. The van der Waals surface area contributed by atoms with Crippen molar-refractivity contribution in [2.45, 2.75) is 26.3 Å². The highest BCUT2D eigenvalue weighted by atomic mass is 32.2. The van der Waals surface area contributed by atoms with Crippen molar-refractivity contribution < 1.29 is 8.49 Å². The molecule has 0 bridgehead atoms. The van der Waals surface area contributed by atoms with Gasteiger partial charge in [0.1, 0.15) is 0 Å². The number of nitriles is 1. The minimum absolute atomic E-state index is 0.117. The van der Waals surface area contributed by atoms with Crippen LogP contribution in [0.1, 0.15) is 20.3 Å². The van der Waals surface area contributed by atoms with E-state index < -0.39 is 17.3 Å². The summed E-state index contributed by atoms with van der Waals surface area (Å²) in [5.41, 5.74) is 7.69. The Balaban J connectivity index is 0.000000671. The molecule has 3 N–H and O–H groups in total. The summed E-state index contributed by atoms with van der Waals surface area (Å²) in [5.74, 6) is 0.255. The van der Waals surface area contributed by atoms with E-state index >= 15 is 0 Å². The van der Waals surface area contributed by atoms with Crippen molar-refractivity contribution >= 4 is 17.1 Å². The lowest BCUT2D eigenvalue weighted by Crippen LogP contribution is -2.37. The number of nitrogens with one attached hydrogen (secondary N) is 1. The molecular weight excluding hydrogens is 192 g/mol. The van der Waals surface area contributed by atoms with Gasteiger partial charge in [-0.1, -0.05) is 13.8 Å². The first kappa shape index (κ1) is 12.0. The zero-order chi connectivity index (χ0) is 10.3. The smallest absolute Gasteiger partial charge is 0.309 e. The van der Waals surface area contributed by atoms with Crippen molar-refractivity contribution in [2.24, 2.45) is 10.1 Å². The molecule has 0 fully saturated rings. The predicted octanol–water partition coefficient (Wildman–Crippen LogP) is -0.234. The molecule has 0 aromatic carbocycles. The number of nitrogens with zero attached hydrogens (tertiary/aromatic N) is 2. The van der Waals surface area contributed by atoms with Gasteiger partial charge in [-0.15, -0.1) is 4.40 Å². The lowest BCUT2D eigenvalue weighted by Gasteiger charge is -2.03. The summed E-state index contributed by atoms with van der Waals surface area (Å²) < 4.78 is 18.3. The first-order chi connectivity index (χ1) is 6.24. The second-order valence-electron chi connectivity index (χ2n) is 1.85. The average molecular weight is 204 g/mol. The van der Waals surface area contributed by atoms with Gasteiger partial charge >= 0.3 is 11.3 Å². The van der Waals surface area contributed by atoms with Crippen molar-refractivity contribution in [3.05, 3.63) is 0 Å². The second kappa shape index (κ2) is 6.54. The molecule has 1 heterocycles. The lowest BCUT2D eigenvalue weighted by molar-refractivity contribution is 0.301. The molecule has 0 aromatic heterocycles. The van der Waals surface area contributed by atoms with Crippen molar-refractivity contribution in [3.8, 4) is 6.07 Å². The van der Waals surface area contributed by atoms with Crippen molar-refractivity contribution in [2.75, 3.05) is 0 Å². The van der Waals surface area contributed by atoms with Gasteiger partial charge < -0.3 is 5.73 Å². The third-order valence-corrected chi connectivity index (χ3v) is 1.62. The minimum atomic E-state index is -1.69. The molecule has 1 aliphatic heterocycles. The van der Waals surface area contributed by atoms with E-state index in [2.05, 4.69) is 14.2 Å². The Kier molecular flexibility index (Phi) is 6.05. The molecule has 2 atom stereocenters. The monoisotopic (exact) mass is 204 g/mol. The average Bonchev–Trinajstić information content (AvgIpc) is 2.56. The highest BCUT2D eigenvalue weighted by molar-refractivity contribution is 7.79. The van der Waals surface area contributed by atoms with E-state index in [1.54, 1.807) is 0 Å². The third kappa shape index (κ3) is 3.98. The summed E-state index contributed by atoms with van der Waals surface area (Å²) in [6.45, 7) is 4.00. The molecule has 0 aliphatic carbocycles. The molecule has 6 nitrogen and oxygen atoms in total. The van der Waals surface area contributed by atoms with E-state index in [-0.39, 0.29) is 12.3 Å². The number of hydrogen-bond acceptors (Lipinski definition) is 5. The van der Waals surface area contributed by atoms with E-state index in [0.29, 0.717) is 0 Å². The van der Waals surface area contributed by atoms with E-state index in [9.17, 15) is 4.21 Å². The van der Waals surface area contributed by atoms with Crippen LogP contribution in [0.25, 0.3) is 0 Å². The lowest BCUT2D eigenvalue weighted by atomic mass is 10.2. The van der Waals surface area contributed by atoms with Gasteiger partial charge in [-0.25, -0.2) is 9.69 Å². The van der Waals surface area contributed by atoms with Gasteiger partial charge in [-0.2, -0.15) is 9.55 Å². The van der Waals surface area contributed by atoms with Gasteiger partial charge in [0.25, 0.3) is 0 Å². The Labute approximate surface area is 79.5 Å². The van der Waals surface area contributed by atoms with Crippen LogP contribution in [0.5, 0.6) is 0 Å². The molecule has 0 amide bonds. The fourth-order valence-electron chi connectivity index (χ4n) is 0.534. The van der Waals surface area contributed by atoms with Crippen LogP contribution >= 0.6 is 0 Å². The highest BCUT2D eigenvalue weighted by Crippen LogP contribution is 1.99. The molecule has 0 radical (unpaired) electrons. The Morgan fingerprint density at radius 3 is 2.85 bits per heavy atom. The zero-order valence-corrected chi connectivity index (χ0v) is 8.30. The molecule has 13 heavy (non-hydrogen) atoms. The van der Waals surface area contributed by atoms with Crippen LogP contribution in [0.15, 0.2) is 4.40 Å². The summed E-state index contributed by atoms with van der Waals surface area (Å²) in [7, 11) is 0. The van der Waals surface area contributed by atoms with Crippen molar-refractivity contribution in [1.82, 2.24) is 5.48 Å². The quantitative estimate of drug-likeness (QED) is 0.646. The molecule has 0 saturated heterocycles. The van der Waals surface area contributed by atoms with Crippen LogP contribution in [0.2, 0.25) is 0 Å². The topological polar surface area (TPSA) is 101 Å². The van der Waals surface area contributed by atoms with Gasteiger partial charge in [0.15, 0.2) is 5.84 Å². The largest absolute Gasteiger partial charge is 0.320 e. The fourth-order valence-corrected chi connectivity index (χ4v) is 1.06. The SMILES string of the molecule is CC.N#CC[C@H](N)C1=NS(=O)ON1. The molecule has 1 unspecified atom stereocenters. The van der Waals surface area contributed by atoms with Crippen molar-refractivity contribution in [3.63, 3.8) is 0 Å². The maximum atomic E-state index is 10.5. The van der Waals surface area contributed by atoms with E-state index in [1.807, 2.05) is 19.9 Å². The molecular formula is C6H12N4O2S. The molecule has 1 aliphatic rings. The Hall–Kier alpha value is -0.970. The summed E-state index contributed by atoms with van der Waals surface area (Å²) in [6.07, 6.45) is 0.117. The maximum absolute atomic E-state index is 10.5. The third-order valence-electron chi connectivity index (χ3n) is 1.05. The van der Waals surface area contributed by atoms with Crippen LogP contribution in [-0.4, -0.2) is 16.1 Å². The summed E-state index contributed by atoms with van der Waals surface area (Å²) in [6, 6.07) is 1.31. The number of hydrogen-bond donors (Lipinski definition) is 2. The van der Waals surface area contributed by atoms with Crippen LogP contribution in [-0.2, 0) is 15.6 Å². The fraction of sp³-hybridized carbons (Fsp3) is 0.667. The molecule has 0 saturated carbocycles. The van der Waals surface area contributed by atoms with Gasteiger partial charge in [-0.3, -0.25) is 0 Å². The Bertz CT molecular complexity index is 248. The summed E-state index contributed by atoms with van der Waals surface area (Å²) >= 11 is -1.69. The number of nitrogens with two attached hydrogens (primary N) is 1. The predicted molar refractivity (Wildman–Crippen MR) is 49.4 cm³/mol. The van der Waals surface area contributed by atoms with Gasteiger partial charge in [0, 0.05) is 0 Å². The Morgan fingerprint density at radius 2 is 2.46 bits per heavy atom. The summed E-state index contributed by atoms with van der Waals surface area (Å²) in [4.78, 5) is 0. The van der Waals surface area contributed by atoms with Gasteiger partial charge in [0.2, 0.25) is 0 Å². The minimum Gasteiger partial charge on any atom is -0.320 e. The first-order valence-corrected chi connectivity index (χ1v) is 4.83. The molecule has 74 valence electrons. The van der Waals surface area contributed by atoms with Crippen molar-refractivity contribution in [1.29, 1.82) is 5.26 Å². The standard InChI is InChI=1S/C4H6N4O2S.C2H6/c5-2-1-3(6)4-7-10-11(9)8-4;1-2/h3H,1,6H2,(H,7,8);1-2H3/t3-,11?;/m0./s1. The van der Waals surface area contributed by atoms with E-state index in [4.69, 9.17) is 11.0 Å². The number of hydroxylamine groups is 1. The highest BCUT2D eigenvalue weighted by Gasteiger charge is 2.19. The molecule has 1 rings (SSSR count). The molecule has 7 heteroatoms. The summed E-state index contributed by atoms with van der Waals surface area (Å²) in [5, 5.41) is 8.23. The van der Waals surface area contributed by atoms with Crippen LogP contribution in [0.3, 0.4) is 0 Å². The van der Waals surface area contributed by atoms with Gasteiger partial charge in [0.05, 0.1) is 18.5 Å².